The summed E-state index contributed by atoms with van der Waals surface area (Å²) in [7, 11) is -0.629. The van der Waals surface area contributed by atoms with Gasteiger partial charge in [0.15, 0.2) is 0 Å². The molecular formula is C13H26O4S5. The molecule has 0 saturated carbocycles. The van der Waals surface area contributed by atoms with Gasteiger partial charge in [-0.2, -0.15) is 23.5 Å². The lowest BCUT2D eigenvalue weighted by Gasteiger charge is -2.04. The van der Waals surface area contributed by atoms with Gasteiger partial charge in [0.05, 0.1) is 13.0 Å². The van der Waals surface area contributed by atoms with Gasteiger partial charge in [-0.15, -0.1) is 23.5 Å². The van der Waals surface area contributed by atoms with E-state index in [-0.39, 0.29) is 12.6 Å². The third kappa shape index (κ3) is 17.3. The van der Waals surface area contributed by atoms with E-state index in [9.17, 15) is 9.00 Å². The second-order valence-corrected chi connectivity index (χ2v) is 10.9. The lowest BCUT2D eigenvalue weighted by Crippen LogP contribution is -2.05. The van der Waals surface area contributed by atoms with Crippen LogP contribution >= 0.6 is 47.0 Å². The zero-order chi connectivity index (χ0) is 16.5. The molecule has 0 bridgehead atoms. The first-order chi connectivity index (χ1) is 10.7. The smallest absolute Gasteiger partial charge is 0.307 e. The molecule has 0 aromatic carbocycles. The van der Waals surface area contributed by atoms with Gasteiger partial charge in [0.1, 0.15) is 5.94 Å². The maximum Gasteiger partial charge on any atom is 0.307 e. The second-order valence-electron chi connectivity index (χ2n) is 4.06. The Bertz CT molecular complexity index is 292. The van der Waals surface area contributed by atoms with E-state index in [0.29, 0.717) is 18.1 Å². The highest BCUT2D eigenvalue weighted by Gasteiger charge is 2.02. The van der Waals surface area contributed by atoms with Crippen LogP contribution in [-0.4, -0.2) is 66.8 Å². The molecule has 9 heteroatoms. The van der Waals surface area contributed by atoms with Crippen LogP contribution in [0.2, 0.25) is 0 Å². The molecule has 1 atom stereocenters. The molecule has 0 fully saturated rings. The van der Waals surface area contributed by atoms with Gasteiger partial charge in [0.2, 0.25) is 0 Å². The summed E-state index contributed by atoms with van der Waals surface area (Å²) in [4.78, 5) is 11.3. The fourth-order valence-electron chi connectivity index (χ4n) is 1.19. The summed E-state index contributed by atoms with van der Waals surface area (Å²) in [5.41, 5.74) is 0. The average Bonchev–Trinajstić information content (AvgIpc) is 2.53. The van der Waals surface area contributed by atoms with Gasteiger partial charge in [-0.25, -0.2) is 0 Å². The van der Waals surface area contributed by atoms with Crippen molar-refractivity contribution in [2.24, 2.45) is 0 Å². The van der Waals surface area contributed by atoms with Crippen molar-refractivity contribution in [3.8, 4) is 0 Å². The number of aliphatic hydroxyl groups excluding tert-OH is 1. The van der Waals surface area contributed by atoms with E-state index in [1.54, 1.807) is 11.8 Å². The van der Waals surface area contributed by atoms with Gasteiger partial charge in [-0.3, -0.25) is 9.00 Å². The zero-order valence-corrected chi connectivity index (χ0v) is 17.1. The molecule has 0 aromatic heterocycles. The van der Waals surface area contributed by atoms with Crippen LogP contribution in [0.4, 0.5) is 0 Å². The third-order valence-electron chi connectivity index (χ3n) is 2.31. The molecule has 0 spiro atoms. The van der Waals surface area contributed by atoms with E-state index in [1.807, 2.05) is 30.4 Å². The van der Waals surface area contributed by atoms with Crippen LogP contribution in [0.25, 0.3) is 0 Å². The summed E-state index contributed by atoms with van der Waals surface area (Å²) in [6.45, 7) is 2.07. The molecule has 0 saturated heterocycles. The first-order valence-electron chi connectivity index (χ1n) is 7.13. The zero-order valence-electron chi connectivity index (χ0n) is 13.0. The van der Waals surface area contributed by atoms with E-state index in [2.05, 4.69) is 0 Å². The molecule has 0 amide bonds. The standard InChI is InChI=1S/C13H26O4S5/c1-2-22(16)9-3-6-19-11-21-12-20-7-4-13(15)17-10-18-8-5-14/h14H,2-12H2,1H3. The Kier molecular flexibility index (Phi) is 19.1. The summed E-state index contributed by atoms with van der Waals surface area (Å²) >= 11 is 6.91. The van der Waals surface area contributed by atoms with Gasteiger partial charge in [0.25, 0.3) is 0 Å². The Morgan fingerprint density at radius 2 is 1.82 bits per heavy atom. The Morgan fingerprint density at radius 3 is 2.50 bits per heavy atom. The van der Waals surface area contributed by atoms with Gasteiger partial charge in [-0.05, 0) is 12.2 Å². The highest BCUT2D eigenvalue weighted by Crippen LogP contribution is 2.19. The van der Waals surface area contributed by atoms with Crippen LogP contribution in [0.1, 0.15) is 19.8 Å². The van der Waals surface area contributed by atoms with Gasteiger partial charge in [0, 0.05) is 44.0 Å². The molecule has 0 aromatic rings. The van der Waals surface area contributed by atoms with Crippen LogP contribution in [0.3, 0.4) is 0 Å². The van der Waals surface area contributed by atoms with E-state index >= 15 is 0 Å². The van der Waals surface area contributed by atoms with Crippen molar-refractivity contribution >= 4 is 63.8 Å². The van der Waals surface area contributed by atoms with Gasteiger partial charge < -0.3 is 9.84 Å². The Morgan fingerprint density at radius 1 is 1.09 bits per heavy atom. The number of hydrogen-bond acceptors (Lipinski definition) is 8. The van der Waals surface area contributed by atoms with Crippen molar-refractivity contribution < 1.29 is 18.8 Å². The minimum Gasteiger partial charge on any atom is -0.455 e. The molecule has 1 unspecified atom stereocenters. The molecule has 0 heterocycles. The molecule has 132 valence electrons. The molecule has 4 nitrogen and oxygen atoms in total. The fraction of sp³-hybridized carbons (Fsp3) is 0.923. The van der Waals surface area contributed by atoms with Crippen molar-refractivity contribution in [1.82, 2.24) is 0 Å². The number of aliphatic hydroxyl groups is 1. The SMILES string of the molecule is CCS(=O)CCCSCSCSCCC(=O)OCSCCO. The summed E-state index contributed by atoms with van der Waals surface area (Å²) in [6.07, 6.45) is 1.47. The number of carbonyl (C=O) groups excluding carboxylic acids is 1. The number of thioether (sulfide) groups is 4. The van der Waals surface area contributed by atoms with Crippen molar-refractivity contribution in [2.45, 2.75) is 19.8 Å². The minimum atomic E-state index is -0.629. The number of esters is 1. The first-order valence-corrected chi connectivity index (χ1v) is 13.2. The Hall–Kier alpha value is 0.980. The molecule has 0 aliphatic heterocycles. The van der Waals surface area contributed by atoms with Crippen molar-refractivity contribution in [1.29, 1.82) is 0 Å². The summed E-state index contributed by atoms with van der Waals surface area (Å²) in [6, 6.07) is 0. The van der Waals surface area contributed by atoms with Crippen molar-refractivity contribution in [3.05, 3.63) is 0 Å². The summed E-state index contributed by atoms with van der Waals surface area (Å²) < 4.78 is 16.2. The minimum absolute atomic E-state index is 0.115. The molecule has 0 radical (unpaired) electrons. The maximum absolute atomic E-state index is 11.3. The predicted octanol–water partition coefficient (Wildman–Crippen LogP) is 2.88. The van der Waals surface area contributed by atoms with E-state index in [0.717, 1.165) is 39.6 Å². The van der Waals surface area contributed by atoms with Crippen molar-refractivity contribution in [3.63, 3.8) is 0 Å². The monoisotopic (exact) mass is 406 g/mol. The van der Waals surface area contributed by atoms with Crippen LogP contribution in [0.5, 0.6) is 0 Å². The van der Waals surface area contributed by atoms with E-state index in [4.69, 9.17) is 9.84 Å². The fourth-order valence-corrected chi connectivity index (χ4v) is 6.02. The highest BCUT2D eigenvalue weighted by atomic mass is 32.2. The lowest BCUT2D eigenvalue weighted by atomic mass is 10.5. The molecule has 0 aliphatic rings. The number of hydrogen-bond donors (Lipinski definition) is 1. The van der Waals surface area contributed by atoms with E-state index in [1.165, 1.54) is 11.8 Å². The Labute approximate surface area is 153 Å². The van der Waals surface area contributed by atoms with Gasteiger partial charge >= 0.3 is 5.97 Å². The predicted molar refractivity (Wildman–Crippen MR) is 106 cm³/mol. The topological polar surface area (TPSA) is 63.6 Å². The number of ether oxygens (including phenoxy) is 1. The first kappa shape index (κ1) is 23.0. The molecule has 1 N–H and O–H groups in total. The number of rotatable bonds is 16. The molecular weight excluding hydrogens is 380 g/mol. The van der Waals surface area contributed by atoms with Crippen LogP contribution in [0.15, 0.2) is 0 Å². The molecule has 22 heavy (non-hydrogen) atoms. The van der Waals surface area contributed by atoms with Crippen LogP contribution in [-0.2, 0) is 20.3 Å². The quantitative estimate of drug-likeness (QED) is 0.238. The third-order valence-corrected chi connectivity index (χ3v) is 8.19. The molecule has 0 aliphatic carbocycles. The molecule has 0 rings (SSSR count). The van der Waals surface area contributed by atoms with Crippen LogP contribution in [0, 0.1) is 0 Å². The summed E-state index contributed by atoms with van der Waals surface area (Å²) in [5.74, 6) is 4.21. The van der Waals surface area contributed by atoms with Crippen LogP contribution < -0.4 is 0 Å². The number of carbonyl (C=O) groups is 1. The van der Waals surface area contributed by atoms with Crippen molar-refractivity contribution in [2.75, 3.05) is 51.5 Å². The highest BCUT2D eigenvalue weighted by molar-refractivity contribution is 8.22. The van der Waals surface area contributed by atoms with Gasteiger partial charge in [-0.1, -0.05) is 6.92 Å². The Balaban J connectivity index is 3.16. The second kappa shape index (κ2) is 18.3. The average molecular weight is 407 g/mol. The maximum atomic E-state index is 11.3. The van der Waals surface area contributed by atoms with E-state index < -0.39 is 10.8 Å². The lowest BCUT2D eigenvalue weighted by molar-refractivity contribution is -0.140. The summed E-state index contributed by atoms with van der Waals surface area (Å²) in [5, 5.41) is 10.6. The normalized spacial score (nSPS) is 12.3. The largest absolute Gasteiger partial charge is 0.455 e.